The molecule has 0 amide bonds. The van der Waals surface area contributed by atoms with E-state index in [1.165, 1.54) is 5.56 Å². The molecule has 0 spiro atoms. The molecule has 2 aromatic rings. The van der Waals surface area contributed by atoms with Crippen molar-refractivity contribution in [3.8, 4) is 0 Å². The monoisotopic (exact) mass is 313 g/mol. The van der Waals surface area contributed by atoms with Gasteiger partial charge in [0.05, 0.1) is 0 Å². The average molecular weight is 314 g/mol. The first-order chi connectivity index (χ1) is 9.20. The second-order valence-corrected chi connectivity index (χ2v) is 6.09. The zero-order valence-electron chi connectivity index (χ0n) is 10.8. The zero-order chi connectivity index (χ0) is 13.7. The smallest absolute Gasteiger partial charge is 0.0453 e. The van der Waals surface area contributed by atoms with Gasteiger partial charge in [0, 0.05) is 16.1 Å². The molecule has 102 valence electrons. The van der Waals surface area contributed by atoms with Crippen LogP contribution in [-0.2, 0) is 12.8 Å². The van der Waals surface area contributed by atoms with Crippen LogP contribution < -0.4 is 5.32 Å². The fourth-order valence-electron chi connectivity index (χ4n) is 2.17. The lowest BCUT2D eigenvalue weighted by Crippen LogP contribution is -2.33. The highest BCUT2D eigenvalue weighted by atomic mass is 35.5. The summed E-state index contributed by atoms with van der Waals surface area (Å²) in [5.41, 5.74) is 2.39. The van der Waals surface area contributed by atoms with E-state index in [0.29, 0.717) is 6.04 Å². The van der Waals surface area contributed by atoms with E-state index >= 15 is 0 Å². The lowest BCUT2D eigenvalue weighted by atomic mass is 10.0. The van der Waals surface area contributed by atoms with Crippen LogP contribution in [0.25, 0.3) is 0 Å². The number of halogens is 2. The number of hydrogen-bond acceptors (Lipinski definition) is 2. The second kappa shape index (κ2) is 7.30. The maximum absolute atomic E-state index is 6.25. The first-order valence-electron chi connectivity index (χ1n) is 6.38. The Morgan fingerprint density at radius 1 is 1.16 bits per heavy atom. The lowest BCUT2D eigenvalue weighted by Gasteiger charge is -2.19. The zero-order valence-corrected chi connectivity index (χ0v) is 13.2. The summed E-state index contributed by atoms with van der Waals surface area (Å²) < 4.78 is 0. The van der Waals surface area contributed by atoms with Gasteiger partial charge in [-0.05, 0) is 59.5 Å². The number of hydrogen-bond donors (Lipinski definition) is 1. The fourth-order valence-corrected chi connectivity index (χ4v) is 3.41. The van der Waals surface area contributed by atoms with Crippen molar-refractivity contribution in [1.29, 1.82) is 0 Å². The van der Waals surface area contributed by atoms with E-state index in [4.69, 9.17) is 23.2 Å². The van der Waals surface area contributed by atoms with Crippen LogP contribution in [0.2, 0.25) is 10.0 Å². The maximum atomic E-state index is 6.25. The molecule has 1 N–H and O–H groups in total. The first kappa shape index (κ1) is 14.9. The topological polar surface area (TPSA) is 12.0 Å². The predicted molar refractivity (Wildman–Crippen MR) is 85.7 cm³/mol. The van der Waals surface area contributed by atoms with Crippen LogP contribution in [0, 0.1) is 0 Å². The Kier molecular flexibility index (Phi) is 5.71. The third-order valence-corrected chi connectivity index (χ3v) is 4.51. The summed E-state index contributed by atoms with van der Waals surface area (Å²) in [6, 6.07) is 8.21. The highest BCUT2D eigenvalue weighted by molar-refractivity contribution is 7.07. The molecule has 19 heavy (non-hydrogen) atoms. The standard InChI is InChI=1S/C15H17Cl2NS/c1-2-18-12(8-11-6-7-19-10-11)9-13-14(16)4-3-5-15(13)17/h3-7,10,12,18H,2,8-9H2,1H3. The van der Waals surface area contributed by atoms with Crippen molar-refractivity contribution in [3.05, 3.63) is 56.2 Å². The Balaban J connectivity index is 2.12. The van der Waals surface area contributed by atoms with Crippen molar-refractivity contribution < 1.29 is 0 Å². The van der Waals surface area contributed by atoms with E-state index in [1.807, 2.05) is 18.2 Å². The van der Waals surface area contributed by atoms with Crippen LogP contribution in [0.5, 0.6) is 0 Å². The van der Waals surface area contributed by atoms with E-state index in [9.17, 15) is 0 Å². The molecule has 0 saturated carbocycles. The molecule has 1 heterocycles. The molecule has 0 fully saturated rings. The SMILES string of the molecule is CCNC(Cc1ccsc1)Cc1c(Cl)cccc1Cl. The van der Waals surface area contributed by atoms with E-state index in [-0.39, 0.29) is 0 Å². The maximum Gasteiger partial charge on any atom is 0.0453 e. The number of thiophene rings is 1. The Bertz CT molecular complexity index is 491. The Morgan fingerprint density at radius 2 is 1.89 bits per heavy atom. The van der Waals surface area contributed by atoms with E-state index in [2.05, 4.69) is 29.1 Å². The van der Waals surface area contributed by atoms with Crippen LogP contribution in [0.3, 0.4) is 0 Å². The van der Waals surface area contributed by atoms with E-state index in [0.717, 1.165) is 35.0 Å². The van der Waals surface area contributed by atoms with Gasteiger partial charge >= 0.3 is 0 Å². The minimum absolute atomic E-state index is 0.358. The average Bonchev–Trinajstić information content (AvgIpc) is 2.87. The third kappa shape index (κ3) is 4.22. The van der Waals surface area contributed by atoms with Gasteiger partial charge in [-0.25, -0.2) is 0 Å². The quantitative estimate of drug-likeness (QED) is 0.806. The summed E-state index contributed by atoms with van der Waals surface area (Å²) >= 11 is 14.2. The van der Waals surface area contributed by atoms with Gasteiger partial charge in [-0.3, -0.25) is 0 Å². The van der Waals surface area contributed by atoms with Crippen molar-refractivity contribution in [3.63, 3.8) is 0 Å². The third-order valence-electron chi connectivity index (χ3n) is 3.07. The van der Waals surface area contributed by atoms with Gasteiger partial charge in [0.1, 0.15) is 0 Å². The van der Waals surface area contributed by atoms with Gasteiger partial charge in [0.2, 0.25) is 0 Å². The number of likely N-dealkylation sites (N-methyl/N-ethyl adjacent to an activating group) is 1. The van der Waals surface area contributed by atoms with Gasteiger partial charge < -0.3 is 5.32 Å². The molecule has 0 saturated heterocycles. The molecule has 0 aliphatic heterocycles. The van der Waals surface area contributed by atoms with Crippen LogP contribution in [0.15, 0.2) is 35.0 Å². The highest BCUT2D eigenvalue weighted by Gasteiger charge is 2.14. The molecule has 2 rings (SSSR count). The van der Waals surface area contributed by atoms with E-state index in [1.54, 1.807) is 11.3 Å². The molecule has 0 aliphatic rings. The van der Waals surface area contributed by atoms with E-state index < -0.39 is 0 Å². The van der Waals surface area contributed by atoms with Crippen molar-refractivity contribution in [2.24, 2.45) is 0 Å². The molecule has 0 radical (unpaired) electrons. The summed E-state index contributed by atoms with van der Waals surface area (Å²) in [6.45, 7) is 3.06. The molecule has 1 aromatic heterocycles. The molecule has 0 aliphatic carbocycles. The lowest BCUT2D eigenvalue weighted by molar-refractivity contribution is 0.522. The molecular formula is C15H17Cl2NS. The predicted octanol–water partition coefficient (Wildman–Crippen LogP) is 4.82. The van der Waals surface area contributed by atoms with Crippen LogP contribution in [-0.4, -0.2) is 12.6 Å². The van der Waals surface area contributed by atoms with Crippen molar-refractivity contribution in [2.75, 3.05) is 6.54 Å². The normalized spacial score (nSPS) is 12.6. The largest absolute Gasteiger partial charge is 0.314 e. The summed E-state index contributed by atoms with van der Waals surface area (Å²) in [7, 11) is 0. The van der Waals surface area contributed by atoms with Crippen LogP contribution >= 0.6 is 34.5 Å². The summed E-state index contributed by atoms with van der Waals surface area (Å²) in [5.74, 6) is 0. The number of benzene rings is 1. The molecule has 1 atom stereocenters. The minimum Gasteiger partial charge on any atom is -0.314 e. The highest BCUT2D eigenvalue weighted by Crippen LogP contribution is 2.26. The molecule has 4 heteroatoms. The molecule has 0 bridgehead atoms. The number of nitrogens with one attached hydrogen (secondary N) is 1. The second-order valence-electron chi connectivity index (χ2n) is 4.49. The Morgan fingerprint density at radius 3 is 2.47 bits per heavy atom. The minimum atomic E-state index is 0.358. The van der Waals surface area contributed by atoms with Crippen LogP contribution in [0.4, 0.5) is 0 Å². The summed E-state index contributed by atoms with van der Waals surface area (Å²) in [5, 5.41) is 9.32. The fraction of sp³-hybridized carbons (Fsp3) is 0.333. The molecule has 1 nitrogen and oxygen atoms in total. The van der Waals surface area contributed by atoms with Crippen molar-refractivity contribution >= 4 is 34.5 Å². The van der Waals surface area contributed by atoms with Crippen LogP contribution in [0.1, 0.15) is 18.1 Å². The summed E-state index contributed by atoms with van der Waals surface area (Å²) in [4.78, 5) is 0. The van der Waals surface area contributed by atoms with Gasteiger partial charge in [0.25, 0.3) is 0 Å². The first-order valence-corrected chi connectivity index (χ1v) is 8.08. The molecule has 1 unspecified atom stereocenters. The van der Waals surface area contributed by atoms with Crippen molar-refractivity contribution in [1.82, 2.24) is 5.32 Å². The van der Waals surface area contributed by atoms with Gasteiger partial charge in [-0.2, -0.15) is 11.3 Å². The molecule has 1 aromatic carbocycles. The summed E-state index contributed by atoms with van der Waals surface area (Å²) in [6.07, 6.45) is 1.85. The van der Waals surface area contributed by atoms with Gasteiger partial charge in [-0.15, -0.1) is 0 Å². The Hall–Kier alpha value is -0.540. The van der Waals surface area contributed by atoms with Crippen molar-refractivity contribution in [2.45, 2.75) is 25.8 Å². The number of rotatable bonds is 6. The van der Waals surface area contributed by atoms with Gasteiger partial charge in [0.15, 0.2) is 0 Å². The van der Waals surface area contributed by atoms with Gasteiger partial charge in [-0.1, -0.05) is 36.2 Å². The molecular weight excluding hydrogens is 297 g/mol. The Labute approximate surface area is 128 Å².